The lowest BCUT2D eigenvalue weighted by atomic mass is 9.93. The summed E-state index contributed by atoms with van der Waals surface area (Å²) in [6, 6.07) is -1.04. The second-order valence-corrected chi connectivity index (χ2v) is 5.20. The molecular formula is C13H23N3O4. The molecule has 114 valence electrons. The molecule has 1 heterocycles. The number of carboxylic acid groups (broad SMARTS) is 1. The molecule has 1 atom stereocenters. The molecule has 7 heteroatoms. The van der Waals surface area contributed by atoms with Gasteiger partial charge in [-0.1, -0.05) is 0 Å². The Morgan fingerprint density at radius 1 is 1.25 bits per heavy atom. The Bertz CT molecular complexity index is 354. The van der Waals surface area contributed by atoms with Gasteiger partial charge in [0.25, 0.3) is 0 Å². The van der Waals surface area contributed by atoms with Gasteiger partial charge in [0.1, 0.15) is 6.04 Å². The molecule has 1 saturated heterocycles. The molecule has 1 fully saturated rings. The minimum atomic E-state index is -1.14. The quantitative estimate of drug-likeness (QED) is 0.483. The molecule has 0 bridgehead atoms. The van der Waals surface area contributed by atoms with E-state index >= 15 is 0 Å². The molecule has 0 aromatic heterocycles. The van der Waals surface area contributed by atoms with Crippen molar-refractivity contribution < 1.29 is 19.5 Å². The number of carbonyl (C=O) groups excluding carboxylic acids is 2. The zero-order chi connectivity index (χ0) is 15.0. The molecule has 0 spiro atoms. The average molecular weight is 285 g/mol. The number of nitrogens with one attached hydrogen (secondary N) is 2. The largest absolute Gasteiger partial charge is 0.480 e. The number of carbonyl (C=O) groups is 3. The van der Waals surface area contributed by atoms with Gasteiger partial charge >= 0.3 is 5.97 Å². The van der Waals surface area contributed by atoms with E-state index in [4.69, 9.17) is 10.8 Å². The molecule has 1 aliphatic rings. The predicted octanol–water partition coefficient (Wildman–Crippen LogP) is -0.399. The summed E-state index contributed by atoms with van der Waals surface area (Å²) in [6.45, 7) is 1.95. The lowest BCUT2D eigenvalue weighted by Gasteiger charge is -2.22. The Morgan fingerprint density at radius 3 is 2.45 bits per heavy atom. The number of rotatable bonds is 8. The van der Waals surface area contributed by atoms with Crippen LogP contribution in [0.15, 0.2) is 0 Å². The molecule has 1 rings (SSSR count). The van der Waals surface area contributed by atoms with E-state index in [-0.39, 0.29) is 18.7 Å². The molecule has 0 aromatic rings. The standard InChI is InChI=1S/C13H23N3O4/c14-11(17)3-2-10(13(19)20)16-12(18)4-1-9-5-7-15-8-6-9/h9-10,15H,1-8H2,(H2,14,17)(H,16,18)(H,19,20). The van der Waals surface area contributed by atoms with Crippen LogP contribution in [0.25, 0.3) is 0 Å². The van der Waals surface area contributed by atoms with Crippen molar-refractivity contribution in [3.8, 4) is 0 Å². The van der Waals surface area contributed by atoms with Crippen molar-refractivity contribution in [3.63, 3.8) is 0 Å². The summed E-state index contributed by atoms with van der Waals surface area (Å²) in [5, 5.41) is 14.7. The van der Waals surface area contributed by atoms with Crippen LogP contribution < -0.4 is 16.4 Å². The number of carboxylic acids is 1. The van der Waals surface area contributed by atoms with Crippen LogP contribution in [0.1, 0.15) is 38.5 Å². The second-order valence-electron chi connectivity index (χ2n) is 5.20. The molecule has 2 amide bonds. The lowest BCUT2D eigenvalue weighted by Crippen LogP contribution is -2.41. The van der Waals surface area contributed by atoms with Gasteiger partial charge in [0.2, 0.25) is 11.8 Å². The van der Waals surface area contributed by atoms with E-state index in [1.165, 1.54) is 0 Å². The molecule has 5 N–H and O–H groups in total. The Balaban J connectivity index is 2.29. The molecule has 1 aliphatic heterocycles. The van der Waals surface area contributed by atoms with Gasteiger partial charge in [-0.2, -0.15) is 0 Å². The average Bonchev–Trinajstić information content (AvgIpc) is 2.41. The molecule has 0 aliphatic carbocycles. The van der Waals surface area contributed by atoms with Crippen LogP contribution in [0.4, 0.5) is 0 Å². The number of primary amides is 1. The van der Waals surface area contributed by atoms with Crippen LogP contribution in [0.3, 0.4) is 0 Å². The van der Waals surface area contributed by atoms with Crippen LogP contribution in [0, 0.1) is 5.92 Å². The number of hydrogen-bond donors (Lipinski definition) is 4. The summed E-state index contributed by atoms with van der Waals surface area (Å²) in [7, 11) is 0. The predicted molar refractivity (Wildman–Crippen MR) is 72.8 cm³/mol. The molecular weight excluding hydrogens is 262 g/mol. The summed E-state index contributed by atoms with van der Waals surface area (Å²) in [5.74, 6) is -1.46. The van der Waals surface area contributed by atoms with Crippen LogP contribution >= 0.6 is 0 Å². The summed E-state index contributed by atoms with van der Waals surface area (Å²) in [6.07, 6.45) is 3.19. The second kappa shape index (κ2) is 8.52. The van der Waals surface area contributed by atoms with Gasteiger partial charge in [-0.15, -0.1) is 0 Å². The fourth-order valence-electron chi connectivity index (χ4n) is 2.32. The number of hydrogen-bond acceptors (Lipinski definition) is 4. The summed E-state index contributed by atoms with van der Waals surface area (Å²) < 4.78 is 0. The molecule has 1 unspecified atom stereocenters. The van der Waals surface area contributed by atoms with E-state index in [0.717, 1.165) is 32.4 Å². The van der Waals surface area contributed by atoms with Gasteiger partial charge in [0.05, 0.1) is 0 Å². The fraction of sp³-hybridized carbons (Fsp3) is 0.769. The molecule has 7 nitrogen and oxygen atoms in total. The van der Waals surface area contributed by atoms with E-state index in [9.17, 15) is 14.4 Å². The van der Waals surface area contributed by atoms with Gasteiger partial charge < -0.3 is 21.5 Å². The Morgan fingerprint density at radius 2 is 1.90 bits per heavy atom. The van der Waals surface area contributed by atoms with E-state index < -0.39 is 17.9 Å². The maximum Gasteiger partial charge on any atom is 0.326 e. The number of nitrogens with two attached hydrogens (primary N) is 1. The topological polar surface area (TPSA) is 122 Å². The molecule has 0 aromatic carbocycles. The third kappa shape index (κ3) is 6.51. The van der Waals surface area contributed by atoms with Crippen LogP contribution in [-0.4, -0.2) is 42.0 Å². The normalized spacial score (nSPS) is 17.4. The fourth-order valence-corrected chi connectivity index (χ4v) is 2.32. The van der Waals surface area contributed by atoms with Gasteiger partial charge in [0, 0.05) is 12.8 Å². The SMILES string of the molecule is NC(=O)CCC(NC(=O)CCC1CCNCC1)C(=O)O. The van der Waals surface area contributed by atoms with Crippen molar-refractivity contribution in [1.82, 2.24) is 10.6 Å². The third-order valence-corrected chi connectivity index (χ3v) is 3.55. The van der Waals surface area contributed by atoms with Crippen molar-refractivity contribution in [1.29, 1.82) is 0 Å². The van der Waals surface area contributed by atoms with Crippen molar-refractivity contribution in [2.75, 3.05) is 13.1 Å². The summed E-state index contributed by atoms with van der Waals surface area (Å²) >= 11 is 0. The third-order valence-electron chi connectivity index (χ3n) is 3.55. The number of piperidine rings is 1. The van der Waals surface area contributed by atoms with E-state index in [0.29, 0.717) is 12.3 Å². The Hall–Kier alpha value is -1.63. The first kappa shape index (κ1) is 16.4. The monoisotopic (exact) mass is 285 g/mol. The van der Waals surface area contributed by atoms with Crippen molar-refractivity contribution in [2.45, 2.75) is 44.6 Å². The maximum atomic E-state index is 11.7. The van der Waals surface area contributed by atoms with Gasteiger partial charge in [0.15, 0.2) is 0 Å². The van der Waals surface area contributed by atoms with Gasteiger partial charge in [-0.05, 0) is 44.7 Å². The first-order valence-electron chi connectivity index (χ1n) is 7.00. The minimum absolute atomic E-state index is 0.0315. The highest BCUT2D eigenvalue weighted by Gasteiger charge is 2.21. The first-order valence-corrected chi connectivity index (χ1v) is 7.00. The molecule has 0 radical (unpaired) electrons. The highest BCUT2D eigenvalue weighted by atomic mass is 16.4. The van der Waals surface area contributed by atoms with Crippen LogP contribution in [0.2, 0.25) is 0 Å². The Kier molecular flexibility index (Phi) is 7.00. The van der Waals surface area contributed by atoms with E-state index in [2.05, 4.69) is 10.6 Å². The van der Waals surface area contributed by atoms with Gasteiger partial charge in [-0.25, -0.2) is 4.79 Å². The van der Waals surface area contributed by atoms with Crippen LogP contribution in [0.5, 0.6) is 0 Å². The highest BCUT2D eigenvalue weighted by molar-refractivity contribution is 5.84. The number of aliphatic carboxylic acids is 1. The lowest BCUT2D eigenvalue weighted by molar-refractivity contribution is -0.142. The van der Waals surface area contributed by atoms with Crippen molar-refractivity contribution in [2.24, 2.45) is 11.7 Å². The zero-order valence-corrected chi connectivity index (χ0v) is 11.6. The summed E-state index contributed by atoms with van der Waals surface area (Å²) in [4.78, 5) is 33.4. The van der Waals surface area contributed by atoms with Crippen LogP contribution in [-0.2, 0) is 14.4 Å². The van der Waals surface area contributed by atoms with Gasteiger partial charge in [-0.3, -0.25) is 9.59 Å². The minimum Gasteiger partial charge on any atom is -0.480 e. The number of amides is 2. The molecule has 0 saturated carbocycles. The van der Waals surface area contributed by atoms with E-state index in [1.54, 1.807) is 0 Å². The summed E-state index contributed by atoms with van der Waals surface area (Å²) in [5.41, 5.74) is 4.98. The molecule has 20 heavy (non-hydrogen) atoms. The highest BCUT2D eigenvalue weighted by Crippen LogP contribution is 2.17. The van der Waals surface area contributed by atoms with E-state index in [1.807, 2.05) is 0 Å². The first-order chi connectivity index (χ1) is 9.49. The maximum absolute atomic E-state index is 11.7. The zero-order valence-electron chi connectivity index (χ0n) is 11.6. The smallest absolute Gasteiger partial charge is 0.326 e. The van der Waals surface area contributed by atoms with Crippen molar-refractivity contribution in [3.05, 3.63) is 0 Å². The Labute approximate surface area is 118 Å². The van der Waals surface area contributed by atoms with Crippen molar-refractivity contribution >= 4 is 17.8 Å².